The summed E-state index contributed by atoms with van der Waals surface area (Å²) in [7, 11) is 0. The third-order valence-electron chi connectivity index (χ3n) is 5.26. The first-order valence-corrected chi connectivity index (χ1v) is 10.2. The smallest absolute Gasteiger partial charge is 0.241 e. The lowest BCUT2D eigenvalue weighted by molar-refractivity contribution is -0.121. The number of nitrogens with zero attached hydrogens (tertiary/aromatic N) is 4. The molecule has 1 aliphatic heterocycles. The molecule has 29 heavy (non-hydrogen) atoms. The van der Waals surface area contributed by atoms with E-state index in [-0.39, 0.29) is 12.5 Å². The van der Waals surface area contributed by atoms with Gasteiger partial charge in [-0.1, -0.05) is 30.3 Å². The van der Waals surface area contributed by atoms with E-state index in [0.29, 0.717) is 6.54 Å². The van der Waals surface area contributed by atoms with Crippen molar-refractivity contribution in [3.8, 4) is 11.1 Å². The number of ether oxygens (including phenoxy) is 1. The van der Waals surface area contributed by atoms with Crippen LogP contribution in [0.3, 0.4) is 0 Å². The summed E-state index contributed by atoms with van der Waals surface area (Å²) in [5, 5.41) is 8.59. The second-order valence-corrected chi connectivity index (χ2v) is 7.32. The number of pyridine rings is 1. The molecule has 1 N–H and O–H groups in total. The van der Waals surface area contributed by atoms with Crippen molar-refractivity contribution in [2.75, 3.05) is 39.4 Å². The number of morpholine rings is 1. The molecule has 1 saturated heterocycles. The highest BCUT2D eigenvalue weighted by Gasteiger charge is 2.16. The number of carbonyl (C=O) groups excluding carboxylic acids is 1. The molecule has 1 amide bonds. The van der Waals surface area contributed by atoms with E-state index < -0.39 is 0 Å². The number of hydrogen-bond acceptors (Lipinski definition) is 5. The Kier molecular flexibility index (Phi) is 6.17. The number of amides is 1. The van der Waals surface area contributed by atoms with Gasteiger partial charge in [-0.05, 0) is 37.1 Å². The molecular weight excluding hydrogens is 366 g/mol. The molecule has 0 radical (unpaired) electrons. The zero-order chi connectivity index (χ0) is 20.1. The maximum absolute atomic E-state index is 12.4. The van der Waals surface area contributed by atoms with Gasteiger partial charge in [-0.3, -0.25) is 9.69 Å². The van der Waals surface area contributed by atoms with Gasteiger partial charge in [0.05, 0.1) is 18.9 Å². The van der Waals surface area contributed by atoms with Gasteiger partial charge in [-0.2, -0.15) is 5.10 Å². The summed E-state index contributed by atoms with van der Waals surface area (Å²) >= 11 is 0. The summed E-state index contributed by atoms with van der Waals surface area (Å²) in [6.45, 7) is 7.34. The molecule has 4 rings (SSSR count). The van der Waals surface area contributed by atoms with E-state index in [2.05, 4.69) is 32.4 Å². The fourth-order valence-electron chi connectivity index (χ4n) is 3.80. The summed E-state index contributed by atoms with van der Waals surface area (Å²) < 4.78 is 7.06. The number of fused-ring (bicyclic) bond motifs is 1. The topological polar surface area (TPSA) is 72.3 Å². The number of rotatable bonds is 7. The fraction of sp³-hybridized carbons (Fsp3) is 0.409. The molecule has 0 saturated carbocycles. The van der Waals surface area contributed by atoms with Crippen molar-refractivity contribution in [2.24, 2.45) is 0 Å². The standard InChI is InChI=1S/C22H27N5O2/c1-17-21-19(18-6-3-2-4-7-18)8-10-24-22(21)27(25-17)16-20(28)23-9-5-11-26-12-14-29-15-13-26/h2-4,6-8,10H,5,9,11-16H2,1H3,(H,23,28). The van der Waals surface area contributed by atoms with Crippen molar-refractivity contribution in [1.29, 1.82) is 0 Å². The van der Waals surface area contributed by atoms with Crippen molar-refractivity contribution in [1.82, 2.24) is 25.0 Å². The minimum Gasteiger partial charge on any atom is -0.379 e. The monoisotopic (exact) mass is 393 g/mol. The number of hydrogen-bond donors (Lipinski definition) is 1. The van der Waals surface area contributed by atoms with E-state index in [1.165, 1.54) is 0 Å². The summed E-state index contributed by atoms with van der Waals surface area (Å²) in [5.74, 6) is -0.0386. The second-order valence-electron chi connectivity index (χ2n) is 7.32. The maximum atomic E-state index is 12.4. The Labute approximate surface area is 170 Å². The van der Waals surface area contributed by atoms with Gasteiger partial charge >= 0.3 is 0 Å². The molecule has 0 spiro atoms. The van der Waals surface area contributed by atoms with Gasteiger partial charge in [0, 0.05) is 31.2 Å². The molecule has 0 atom stereocenters. The van der Waals surface area contributed by atoms with Crippen LogP contribution < -0.4 is 5.32 Å². The van der Waals surface area contributed by atoms with Crippen LogP contribution in [0.1, 0.15) is 12.1 Å². The molecule has 0 bridgehead atoms. The Morgan fingerprint density at radius 2 is 1.97 bits per heavy atom. The predicted octanol–water partition coefficient (Wildman–Crippen LogP) is 2.25. The molecule has 1 fully saturated rings. The molecule has 0 aliphatic carbocycles. The average molecular weight is 393 g/mol. The zero-order valence-corrected chi connectivity index (χ0v) is 16.8. The van der Waals surface area contributed by atoms with Gasteiger partial charge in [0.1, 0.15) is 6.54 Å². The maximum Gasteiger partial charge on any atom is 0.241 e. The number of aromatic nitrogens is 3. The molecule has 7 heteroatoms. The lowest BCUT2D eigenvalue weighted by Gasteiger charge is -2.26. The van der Waals surface area contributed by atoms with Crippen LogP contribution in [0, 0.1) is 6.92 Å². The first-order chi connectivity index (χ1) is 14.2. The Morgan fingerprint density at radius 3 is 2.76 bits per heavy atom. The van der Waals surface area contributed by atoms with Gasteiger partial charge in [0.15, 0.2) is 5.65 Å². The van der Waals surface area contributed by atoms with Crippen LogP contribution in [-0.4, -0.2) is 65.0 Å². The highest BCUT2D eigenvalue weighted by molar-refractivity contribution is 5.95. The normalized spacial score (nSPS) is 14.9. The third-order valence-corrected chi connectivity index (χ3v) is 5.26. The molecule has 2 aromatic heterocycles. The minimum absolute atomic E-state index is 0.0386. The molecule has 3 heterocycles. The Balaban J connectivity index is 1.40. The van der Waals surface area contributed by atoms with E-state index >= 15 is 0 Å². The predicted molar refractivity (Wildman–Crippen MR) is 113 cm³/mol. The third kappa shape index (κ3) is 4.63. The van der Waals surface area contributed by atoms with E-state index in [1.807, 2.05) is 31.2 Å². The van der Waals surface area contributed by atoms with E-state index in [4.69, 9.17) is 4.74 Å². The first kappa shape index (κ1) is 19.5. The highest BCUT2D eigenvalue weighted by atomic mass is 16.5. The lowest BCUT2D eigenvalue weighted by Crippen LogP contribution is -2.38. The first-order valence-electron chi connectivity index (χ1n) is 10.2. The number of nitrogens with one attached hydrogen (secondary N) is 1. The van der Waals surface area contributed by atoms with Crippen LogP contribution in [0.5, 0.6) is 0 Å². The van der Waals surface area contributed by atoms with Crippen molar-refractivity contribution < 1.29 is 9.53 Å². The number of aryl methyl sites for hydroxylation is 1. The van der Waals surface area contributed by atoms with E-state index in [0.717, 1.165) is 67.1 Å². The molecule has 0 unspecified atom stereocenters. The molecule has 7 nitrogen and oxygen atoms in total. The summed E-state index contributed by atoms with van der Waals surface area (Å²) in [4.78, 5) is 19.3. The van der Waals surface area contributed by atoms with Crippen molar-refractivity contribution in [2.45, 2.75) is 19.9 Å². The molecule has 1 aromatic carbocycles. The quantitative estimate of drug-likeness (QED) is 0.624. The second kappa shape index (κ2) is 9.15. The van der Waals surface area contributed by atoms with Crippen LogP contribution in [0.25, 0.3) is 22.2 Å². The highest BCUT2D eigenvalue weighted by Crippen LogP contribution is 2.29. The summed E-state index contributed by atoms with van der Waals surface area (Å²) in [6.07, 6.45) is 2.71. The van der Waals surface area contributed by atoms with Crippen LogP contribution in [0.4, 0.5) is 0 Å². The molecule has 1 aliphatic rings. The van der Waals surface area contributed by atoms with Gasteiger partial charge in [0.2, 0.25) is 5.91 Å². The SMILES string of the molecule is Cc1nn(CC(=O)NCCCN2CCOCC2)c2nccc(-c3ccccc3)c12. The van der Waals surface area contributed by atoms with Crippen LogP contribution in [0.2, 0.25) is 0 Å². The van der Waals surface area contributed by atoms with Crippen LogP contribution >= 0.6 is 0 Å². The average Bonchev–Trinajstić information content (AvgIpc) is 3.08. The largest absolute Gasteiger partial charge is 0.379 e. The molecule has 152 valence electrons. The molecular formula is C22H27N5O2. The van der Waals surface area contributed by atoms with Gasteiger partial charge in [-0.25, -0.2) is 9.67 Å². The van der Waals surface area contributed by atoms with Crippen molar-refractivity contribution in [3.05, 3.63) is 48.3 Å². The molecule has 3 aromatic rings. The Hall–Kier alpha value is -2.77. The summed E-state index contributed by atoms with van der Waals surface area (Å²) in [5.41, 5.74) is 3.83. The minimum atomic E-state index is -0.0386. The van der Waals surface area contributed by atoms with Crippen LogP contribution in [-0.2, 0) is 16.1 Å². The Morgan fingerprint density at radius 1 is 1.17 bits per heavy atom. The van der Waals surface area contributed by atoms with Gasteiger partial charge in [-0.15, -0.1) is 0 Å². The van der Waals surface area contributed by atoms with Crippen LogP contribution in [0.15, 0.2) is 42.6 Å². The lowest BCUT2D eigenvalue weighted by atomic mass is 10.0. The zero-order valence-electron chi connectivity index (χ0n) is 16.8. The Bertz CT molecular complexity index is 964. The van der Waals surface area contributed by atoms with Crippen molar-refractivity contribution >= 4 is 16.9 Å². The number of carbonyl (C=O) groups is 1. The van der Waals surface area contributed by atoms with Gasteiger partial charge in [0.25, 0.3) is 0 Å². The summed E-state index contributed by atoms with van der Waals surface area (Å²) in [6, 6.07) is 12.2. The fourth-order valence-corrected chi connectivity index (χ4v) is 3.80. The van der Waals surface area contributed by atoms with E-state index in [1.54, 1.807) is 10.9 Å². The van der Waals surface area contributed by atoms with Gasteiger partial charge < -0.3 is 10.1 Å². The number of benzene rings is 1. The van der Waals surface area contributed by atoms with E-state index in [9.17, 15) is 4.79 Å². The van der Waals surface area contributed by atoms with Crippen molar-refractivity contribution in [3.63, 3.8) is 0 Å².